The van der Waals surface area contributed by atoms with E-state index in [1.807, 2.05) is 12.1 Å². The molecule has 3 aliphatic heterocycles. The van der Waals surface area contributed by atoms with Crippen LogP contribution in [0.1, 0.15) is 60.7 Å². The SMILES string of the molecule is C[C@@H]1O[C@@H]2c3ccc(C(=O)O)cc3OC(C)(C)[C@H]2C[C@@H]1c1ccc2c(c1)OCO2. The number of carbonyl (C=O) groups is 1. The zero-order valence-corrected chi connectivity index (χ0v) is 16.7. The van der Waals surface area contributed by atoms with Gasteiger partial charge in [0, 0.05) is 17.4 Å². The second-order valence-electron chi connectivity index (χ2n) is 8.59. The van der Waals surface area contributed by atoms with E-state index in [1.165, 1.54) is 5.56 Å². The Hall–Kier alpha value is -2.73. The van der Waals surface area contributed by atoms with Crippen molar-refractivity contribution in [2.24, 2.45) is 5.92 Å². The predicted octanol–water partition coefficient (Wildman–Crippen LogP) is 4.53. The van der Waals surface area contributed by atoms with Gasteiger partial charge in [0.05, 0.1) is 17.8 Å². The maximum Gasteiger partial charge on any atom is 0.335 e. The van der Waals surface area contributed by atoms with E-state index in [1.54, 1.807) is 12.1 Å². The van der Waals surface area contributed by atoms with E-state index >= 15 is 0 Å². The summed E-state index contributed by atoms with van der Waals surface area (Å²) >= 11 is 0. The minimum absolute atomic E-state index is 0.00229. The third-order valence-electron chi connectivity index (χ3n) is 6.46. The fourth-order valence-electron chi connectivity index (χ4n) is 4.85. The van der Waals surface area contributed by atoms with Crippen molar-refractivity contribution >= 4 is 5.97 Å². The van der Waals surface area contributed by atoms with E-state index in [4.69, 9.17) is 18.9 Å². The molecule has 6 heteroatoms. The molecule has 3 aliphatic rings. The molecular formula is C23H24O6. The number of benzene rings is 2. The molecule has 5 rings (SSSR count). The molecule has 1 N–H and O–H groups in total. The summed E-state index contributed by atoms with van der Waals surface area (Å²) in [6.07, 6.45) is 0.771. The molecule has 0 aliphatic carbocycles. The second-order valence-corrected chi connectivity index (χ2v) is 8.59. The lowest BCUT2D eigenvalue weighted by atomic mass is 9.70. The molecule has 152 valence electrons. The Labute approximate surface area is 169 Å². The quantitative estimate of drug-likeness (QED) is 0.804. The molecular weight excluding hydrogens is 372 g/mol. The smallest absolute Gasteiger partial charge is 0.335 e. The van der Waals surface area contributed by atoms with E-state index < -0.39 is 11.6 Å². The standard InChI is InChI=1S/C23H24O6/c1-12-16(13-5-7-18-20(8-13)27-11-26-18)10-17-21(28-12)15-6-4-14(22(24)25)9-19(15)29-23(17,2)3/h4-9,12,16-17,21H,10-11H2,1-3H3,(H,24,25)/t12-,16-,17-,21+/m0/s1. The molecule has 1 fully saturated rings. The van der Waals surface area contributed by atoms with Crippen molar-refractivity contribution in [2.45, 2.75) is 50.9 Å². The topological polar surface area (TPSA) is 74.2 Å². The Kier molecular flexibility index (Phi) is 4.03. The van der Waals surface area contributed by atoms with Gasteiger partial charge in [-0.3, -0.25) is 0 Å². The van der Waals surface area contributed by atoms with Crippen LogP contribution in [-0.2, 0) is 4.74 Å². The van der Waals surface area contributed by atoms with Crippen molar-refractivity contribution in [3.63, 3.8) is 0 Å². The molecule has 3 heterocycles. The first-order valence-corrected chi connectivity index (χ1v) is 9.95. The van der Waals surface area contributed by atoms with Gasteiger partial charge in [-0.25, -0.2) is 4.79 Å². The zero-order valence-electron chi connectivity index (χ0n) is 16.7. The first-order chi connectivity index (χ1) is 13.8. The van der Waals surface area contributed by atoms with Gasteiger partial charge in [-0.1, -0.05) is 12.1 Å². The lowest BCUT2D eigenvalue weighted by Crippen LogP contribution is -2.50. The maximum atomic E-state index is 11.4. The maximum absolute atomic E-state index is 11.4. The van der Waals surface area contributed by atoms with E-state index in [2.05, 4.69) is 32.9 Å². The number of hydrogen-bond donors (Lipinski definition) is 1. The van der Waals surface area contributed by atoms with E-state index in [0.717, 1.165) is 23.5 Å². The molecule has 1 saturated heterocycles. The lowest BCUT2D eigenvalue weighted by molar-refractivity contribution is -0.153. The number of rotatable bonds is 2. The molecule has 29 heavy (non-hydrogen) atoms. The van der Waals surface area contributed by atoms with E-state index in [0.29, 0.717) is 5.75 Å². The minimum atomic E-state index is -0.961. The first-order valence-electron chi connectivity index (χ1n) is 9.95. The second kappa shape index (κ2) is 6.39. The molecule has 0 spiro atoms. The number of hydrogen-bond acceptors (Lipinski definition) is 5. The Morgan fingerprint density at radius 2 is 1.86 bits per heavy atom. The summed E-state index contributed by atoms with van der Waals surface area (Å²) in [5.41, 5.74) is 1.84. The van der Waals surface area contributed by atoms with E-state index in [-0.39, 0.29) is 36.4 Å². The highest BCUT2D eigenvalue weighted by Gasteiger charge is 2.50. The molecule has 0 aromatic heterocycles. The third-order valence-corrected chi connectivity index (χ3v) is 6.46. The normalized spacial score (nSPS) is 28.8. The Morgan fingerprint density at radius 3 is 2.66 bits per heavy atom. The molecule has 2 aromatic carbocycles. The van der Waals surface area contributed by atoms with Crippen molar-refractivity contribution in [1.82, 2.24) is 0 Å². The number of fused-ring (bicyclic) bond motifs is 4. The Bertz CT molecular complexity index is 981. The van der Waals surface area contributed by atoms with Gasteiger partial charge in [0.15, 0.2) is 11.5 Å². The molecule has 0 saturated carbocycles. The molecule has 0 amide bonds. The third kappa shape index (κ3) is 2.94. The summed E-state index contributed by atoms with van der Waals surface area (Å²) in [5.74, 6) is 1.54. The largest absolute Gasteiger partial charge is 0.487 e. The van der Waals surface area contributed by atoms with Crippen LogP contribution in [0.3, 0.4) is 0 Å². The van der Waals surface area contributed by atoms with E-state index in [9.17, 15) is 9.90 Å². The summed E-state index contributed by atoms with van der Waals surface area (Å²) in [6, 6.07) is 11.2. The van der Waals surface area contributed by atoms with Crippen LogP contribution >= 0.6 is 0 Å². The highest BCUT2D eigenvalue weighted by Crippen LogP contribution is 2.54. The Balaban J connectivity index is 1.49. The molecule has 0 bridgehead atoms. The highest BCUT2D eigenvalue weighted by atomic mass is 16.7. The lowest BCUT2D eigenvalue weighted by Gasteiger charge is -2.50. The van der Waals surface area contributed by atoms with Gasteiger partial charge < -0.3 is 24.1 Å². The molecule has 0 radical (unpaired) electrons. The number of ether oxygens (including phenoxy) is 4. The van der Waals surface area contributed by atoms with Gasteiger partial charge in [0.25, 0.3) is 0 Å². The summed E-state index contributed by atoms with van der Waals surface area (Å²) in [4.78, 5) is 11.4. The van der Waals surface area contributed by atoms with Crippen molar-refractivity contribution in [3.8, 4) is 17.2 Å². The van der Waals surface area contributed by atoms with Crippen LogP contribution in [0, 0.1) is 5.92 Å². The van der Waals surface area contributed by atoms with Crippen LogP contribution in [0.2, 0.25) is 0 Å². The van der Waals surface area contributed by atoms with Gasteiger partial charge >= 0.3 is 5.97 Å². The first kappa shape index (κ1) is 18.3. The number of carboxylic acids is 1. The van der Waals surface area contributed by atoms with Crippen molar-refractivity contribution < 1.29 is 28.8 Å². The van der Waals surface area contributed by atoms with Gasteiger partial charge in [0.2, 0.25) is 6.79 Å². The van der Waals surface area contributed by atoms with Crippen LogP contribution in [0.4, 0.5) is 0 Å². The van der Waals surface area contributed by atoms with Crippen LogP contribution < -0.4 is 14.2 Å². The van der Waals surface area contributed by atoms with Crippen molar-refractivity contribution in [1.29, 1.82) is 0 Å². The molecule has 4 atom stereocenters. The summed E-state index contributed by atoms with van der Waals surface area (Å²) in [6.45, 7) is 6.46. The van der Waals surface area contributed by atoms with Crippen LogP contribution in [0.25, 0.3) is 0 Å². The van der Waals surface area contributed by atoms with Gasteiger partial charge in [-0.2, -0.15) is 0 Å². The molecule has 6 nitrogen and oxygen atoms in total. The van der Waals surface area contributed by atoms with Crippen molar-refractivity contribution in [3.05, 3.63) is 53.1 Å². The molecule has 2 aromatic rings. The minimum Gasteiger partial charge on any atom is -0.487 e. The Morgan fingerprint density at radius 1 is 1.07 bits per heavy atom. The average molecular weight is 396 g/mol. The van der Waals surface area contributed by atoms with Gasteiger partial charge in [0.1, 0.15) is 11.4 Å². The zero-order chi connectivity index (χ0) is 20.3. The van der Waals surface area contributed by atoms with Gasteiger partial charge in [-0.15, -0.1) is 0 Å². The van der Waals surface area contributed by atoms with Crippen LogP contribution in [0.15, 0.2) is 36.4 Å². The number of carboxylic acid groups (broad SMARTS) is 1. The van der Waals surface area contributed by atoms with Crippen LogP contribution in [-0.4, -0.2) is 29.6 Å². The highest BCUT2D eigenvalue weighted by molar-refractivity contribution is 5.88. The van der Waals surface area contributed by atoms with Gasteiger partial charge in [-0.05, 0) is 57.0 Å². The monoisotopic (exact) mass is 396 g/mol. The molecule has 0 unspecified atom stereocenters. The summed E-state index contributed by atoms with van der Waals surface area (Å²) in [7, 11) is 0. The number of aromatic carboxylic acids is 1. The summed E-state index contributed by atoms with van der Waals surface area (Å²) < 4.78 is 23.8. The summed E-state index contributed by atoms with van der Waals surface area (Å²) in [5, 5.41) is 9.31. The average Bonchev–Trinajstić information content (AvgIpc) is 3.14. The predicted molar refractivity (Wildman–Crippen MR) is 105 cm³/mol. The van der Waals surface area contributed by atoms with Crippen molar-refractivity contribution in [2.75, 3.05) is 6.79 Å². The fraction of sp³-hybridized carbons (Fsp3) is 0.435. The van der Waals surface area contributed by atoms with Crippen LogP contribution in [0.5, 0.6) is 17.2 Å². The fourth-order valence-corrected chi connectivity index (χ4v) is 4.85.